The maximum atomic E-state index is 12.1. The van der Waals surface area contributed by atoms with Crippen LogP contribution < -0.4 is 16.4 Å². The molecule has 0 saturated carbocycles. The Bertz CT molecular complexity index is 641. The molecule has 0 heterocycles. The molecule has 2 aromatic rings. The van der Waals surface area contributed by atoms with Gasteiger partial charge in [0.15, 0.2) is 0 Å². The Morgan fingerprint density at radius 1 is 1.00 bits per heavy atom. The molecule has 2 amide bonds. The molecule has 0 aliphatic rings. The van der Waals surface area contributed by atoms with Gasteiger partial charge in [0.05, 0.1) is 0 Å². The molecule has 5 nitrogen and oxygen atoms in total. The fourth-order valence-corrected chi connectivity index (χ4v) is 1.85. The minimum atomic E-state index is -0.500. The number of para-hydroxylation sites is 1. The van der Waals surface area contributed by atoms with Gasteiger partial charge in [0.2, 0.25) is 11.8 Å². The van der Waals surface area contributed by atoms with Gasteiger partial charge in [0, 0.05) is 16.9 Å². The molecule has 0 saturated heterocycles. The molecule has 0 aliphatic heterocycles. The smallest absolute Gasteiger partial charge is 0.248 e. The first-order valence-electron chi connectivity index (χ1n) is 6.58. The Labute approximate surface area is 123 Å². The Morgan fingerprint density at radius 2 is 1.67 bits per heavy atom. The summed E-state index contributed by atoms with van der Waals surface area (Å²) in [5.41, 5.74) is 7.03. The van der Waals surface area contributed by atoms with Gasteiger partial charge in [-0.3, -0.25) is 9.59 Å². The highest BCUT2D eigenvalue weighted by Gasteiger charge is 2.13. The van der Waals surface area contributed by atoms with Crippen LogP contribution >= 0.6 is 0 Å². The predicted molar refractivity (Wildman–Crippen MR) is 83.1 cm³/mol. The number of benzene rings is 2. The second-order valence-corrected chi connectivity index (χ2v) is 4.67. The van der Waals surface area contributed by atoms with Crippen molar-refractivity contribution in [1.29, 1.82) is 0 Å². The van der Waals surface area contributed by atoms with E-state index in [4.69, 9.17) is 5.73 Å². The van der Waals surface area contributed by atoms with Gasteiger partial charge in [-0.1, -0.05) is 24.3 Å². The van der Waals surface area contributed by atoms with Crippen molar-refractivity contribution in [3.8, 4) is 0 Å². The molecule has 108 valence electrons. The standard InChI is InChI=1S/C16H17N3O2/c1-11(16(21)19-13-7-3-2-4-8-13)18-14-9-5-6-12(10-14)15(17)20/h2-11,18H,1H3,(H2,17,20)(H,19,21). The lowest BCUT2D eigenvalue weighted by atomic mass is 10.1. The molecule has 4 N–H and O–H groups in total. The van der Waals surface area contributed by atoms with Crippen LogP contribution in [0.1, 0.15) is 17.3 Å². The summed E-state index contributed by atoms with van der Waals surface area (Å²) in [5.74, 6) is -0.661. The first-order valence-corrected chi connectivity index (χ1v) is 6.58. The number of nitrogens with one attached hydrogen (secondary N) is 2. The van der Waals surface area contributed by atoms with Crippen LogP contribution in [0, 0.1) is 0 Å². The summed E-state index contributed by atoms with van der Waals surface area (Å²) in [7, 11) is 0. The molecule has 1 unspecified atom stereocenters. The van der Waals surface area contributed by atoms with E-state index in [9.17, 15) is 9.59 Å². The third-order valence-electron chi connectivity index (χ3n) is 2.96. The highest BCUT2D eigenvalue weighted by molar-refractivity contribution is 5.97. The van der Waals surface area contributed by atoms with Gasteiger partial charge in [-0.15, -0.1) is 0 Å². The van der Waals surface area contributed by atoms with Crippen LogP contribution in [-0.4, -0.2) is 17.9 Å². The van der Waals surface area contributed by atoms with Crippen LogP contribution in [0.15, 0.2) is 54.6 Å². The maximum absolute atomic E-state index is 12.1. The number of nitrogens with two attached hydrogens (primary N) is 1. The van der Waals surface area contributed by atoms with Gasteiger partial charge in [-0.05, 0) is 37.3 Å². The summed E-state index contributed by atoms with van der Waals surface area (Å²) in [6.45, 7) is 1.75. The van der Waals surface area contributed by atoms with Gasteiger partial charge >= 0.3 is 0 Å². The van der Waals surface area contributed by atoms with E-state index < -0.39 is 11.9 Å². The van der Waals surface area contributed by atoms with E-state index in [-0.39, 0.29) is 5.91 Å². The lowest BCUT2D eigenvalue weighted by molar-refractivity contribution is -0.116. The monoisotopic (exact) mass is 283 g/mol. The van der Waals surface area contributed by atoms with E-state index >= 15 is 0 Å². The number of carbonyl (C=O) groups is 2. The van der Waals surface area contributed by atoms with Gasteiger partial charge < -0.3 is 16.4 Å². The molecular weight excluding hydrogens is 266 g/mol. The van der Waals surface area contributed by atoms with Crippen molar-refractivity contribution in [3.05, 3.63) is 60.2 Å². The summed E-state index contributed by atoms with van der Waals surface area (Å²) in [4.78, 5) is 23.2. The summed E-state index contributed by atoms with van der Waals surface area (Å²) in [6.07, 6.45) is 0. The maximum Gasteiger partial charge on any atom is 0.248 e. The second kappa shape index (κ2) is 6.56. The van der Waals surface area contributed by atoms with Crippen molar-refractivity contribution >= 4 is 23.2 Å². The van der Waals surface area contributed by atoms with Gasteiger partial charge in [0.1, 0.15) is 6.04 Å². The molecular formula is C16H17N3O2. The van der Waals surface area contributed by atoms with Crippen molar-refractivity contribution in [3.63, 3.8) is 0 Å². The minimum absolute atomic E-state index is 0.161. The van der Waals surface area contributed by atoms with Gasteiger partial charge in [0.25, 0.3) is 0 Å². The molecule has 5 heteroatoms. The van der Waals surface area contributed by atoms with Gasteiger partial charge in [-0.25, -0.2) is 0 Å². The molecule has 0 fully saturated rings. The Kier molecular flexibility index (Phi) is 4.56. The van der Waals surface area contributed by atoms with Crippen molar-refractivity contribution < 1.29 is 9.59 Å². The summed E-state index contributed by atoms with van der Waals surface area (Å²) in [5, 5.41) is 5.84. The van der Waals surface area contributed by atoms with Crippen molar-refractivity contribution in [2.45, 2.75) is 13.0 Å². The van der Waals surface area contributed by atoms with Crippen LogP contribution in [-0.2, 0) is 4.79 Å². The number of carbonyl (C=O) groups excluding carboxylic acids is 2. The molecule has 0 bridgehead atoms. The van der Waals surface area contributed by atoms with Crippen molar-refractivity contribution in [1.82, 2.24) is 0 Å². The van der Waals surface area contributed by atoms with Crippen LogP contribution in [0.25, 0.3) is 0 Å². The zero-order valence-corrected chi connectivity index (χ0v) is 11.7. The first kappa shape index (κ1) is 14.6. The van der Waals surface area contributed by atoms with Crippen LogP contribution in [0.2, 0.25) is 0 Å². The lowest BCUT2D eigenvalue weighted by Gasteiger charge is -2.15. The molecule has 0 aliphatic carbocycles. The number of hydrogen-bond donors (Lipinski definition) is 3. The average molecular weight is 283 g/mol. The van der Waals surface area contributed by atoms with Crippen LogP contribution in [0.3, 0.4) is 0 Å². The molecule has 2 rings (SSSR count). The first-order chi connectivity index (χ1) is 10.1. The Hall–Kier alpha value is -2.82. The van der Waals surface area contributed by atoms with E-state index in [1.807, 2.05) is 30.3 Å². The number of anilines is 2. The predicted octanol–water partition coefficient (Wildman–Crippen LogP) is 2.22. The topological polar surface area (TPSA) is 84.2 Å². The number of amides is 2. The van der Waals surface area contributed by atoms with Crippen molar-refractivity contribution in [2.24, 2.45) is 5.73 Å². The van der Waals surface area contributed by atoms with E-state index in [0.29, 0.717) is 11.3 Å². The highest BCUT2D eigenvalue weighted by atomic mass is 16.2. The van der Waals surface area contributed by atoms with Gasteiger partial charge in [-0.2, -0.15) is 0 Å². The molecule has 0 spiro atoms. The highest BCUT2D eigenvalue weighted by Crippen LogP contribution is 2.12. The van der Waals surface area contributed by atoms with E-state index in [2.05, 4.69) is 10.6 Å². The molecule has 21 heavy (non-hydrogen) atoms. The fraction of sp³-hybridized carbons (Fsp3) is 0.125. The number of hydrogen-bond acceptors (Lipinski definition) is 3. The van der Waals surface area contributed by atoms with Crippen molar-refractivity contribution in [2.75, 3.05) is 10.6 Å². The zero-order chi connectivity index (χ0) is 15.2. The van der Waals surface area contributed by atoms with E-state index in [1.165, 1.54) is 0 Å². The fourth-order valence-electron chi connectivity index (χ4n) is 1.85. The molecule has 1 atom stereocenters. The number of rotatable bonds is 5. The van der Waals surface area contributed by atoms with Crippen LogP contribution in [0.4, 0.5) is 11.4 Å². The summed E-state index contributed by atoms with van der Waals surface area (Å²) < 4.78 is 0. The third-order valence-corrected chi connectivity index (χ3v) is 2.96. The van der Waals surface area contributed by atoms with E-state index in [0.717, 1.165) is 5.69 Å². The minimum Gasteiger partial charge on any atom is -0.374 e. The molecule has 0 aromatic heterocycles. The normalized spacial score (nSPS) is 11.5. The molecule has 0 radical (unpaired) electrons. The third kappa shape index (κ3) is 4.07. The largest absolute Gasteiger partial charge is 0.374 e. The van der Waals surface area contributed by atoms with E-state index in [1.54, 1.807) is 31.2 Å². The quantitative estimate of drug-likeness (QED) is 0.786. The van der Waals surface area contributed by atoms with Crippen LogP contribution in [0.5, 0.6) is 0 Å². The summed E-state index contributed by atoms with van der Waals surface area (Å²) in [6, 6.07) is 15.5. The Morgan fingerprint density at radius 3 is 2.33 bits per heavy atom. The second-order valence-electron chi connectivity index (χ2n) is 4.67. The molecule has 2 aromatic carbocycles. The average Bonchev–Trinajstić information content (AvgIpc) is 2.48. The Balaban J connectivity index is 2.00. The zero-order valence-electron chi connectivity index (χ0n) is 11.7. The summed E-state index contributed by atoms with van der Waals surface area (Å²) >= 11 is 0. The number of primary amides is 1. The SMILES string of the molecule is CC(Nc1cccc(C(N)=O)c1)C(=O)Nc1ccccc1. The lowest BCUT2D eigenvalue weighted by Crippen LogP contribution is -2.31.